The molecule has 1 aromatic carbocycles. The molecular weight excluding hydrogens is 345 g/mol. The van der Waals surface area contributed by atoms with Crippen molar-refractivity contribution in [2.45, 2.75) is 12.7 Å². The van der Waals surface area contributed by atoms with Crippen LogP contribution in [0.15, 0.2) is 47.1 Å². The van der Waals surface area contributed by atoms with Crippen LogP contribution < -0.4 is 4.74 Å². The second-order valence-electron chi connectivity index (χ2n) is 4.99. The van der Waals surface area contributed by atoms with Crippen LogP contribution in [0.5, 0.6) is 5.75 Å². The Morgan fingerprint density at radius 2 is 2.04 bits per heavy atom. The summed E-state index contributed by atoms with van der Waals surface area (Å²) in [4.78, 5) is 22.6. The van der Waals surface area contributed by atoms with Gasteiger partial charge in [-0.2, -0.15) is 13.2 Å². The quantitative estimate of drug-likeness (QED) is 0.561. The van der Waals surface area contributed by atoms with Crippen molar-refractivity contribution in [1.29, 1.82) is 0 Å². The van der Waals surface area contributed by atoms with E-state index in [-0.39, 0.29) is 23.7 Å². The Hall–Kier alpha value is -3.04. The molecule has 2 aromatic rings. The first-order valence-corrected chi connectivity index (χ1v) is 6.99. The molecule has 134 valence electrons. The molecule has 0 aliphatic rings. The third kappa shape index (κ3) is 5.83. The van der Waals surface area contributed by atoms with E-state index in [2.05, 4.69) is 0 Å². The van der Waals surface area contributed by atoms with E-state index in [9.17, 15) is 28.1 Å². The molecule has 0 saturated heterocycles. The highest BCUT2D eigenvalue weighted by Gasteiger charge is 2.33. The lowest BCUT2D eigenvalue weighted by Gasteiger charge is -2.23. The second-order valence-corrected chi connectivity index (χ2v) is 4.99. The average Bonchev–Trinajstić information content (AvgIpc) is 3.04. The minimum atomic E-state index is -4.59. The SMILES string of the molecule is O=C(COc1cccc([N+](=O)[O-])c1)N(Cc1ccco1)CC(F)(F)F. The fraction of sp³-hybridized carbons (Fsp3) is 0.267. The van der Waals surface area contributed by atoms with Gasteiger partial charge in [0.1, 0.15) is 18.1 Å². The zero-order valence-electron chi connectivity index (χ0n) is 12.7. The average molecular weight is 358 g/mol. The monoisotopic (exact) mass is 358 g/mol. The number of nitrogens with zero attached hydrogens (tertiary/aromatic N) is 2. The van der Waals surface area contributed by atoms with Crippen LogP contribution in [0, 0.1) is 10.1 Å². The number of hydrogen-bond acceptors (Lipinski definition) is 5. The third-order valence-electron chi connectivity index (χ3n) is 3.04. The standard InChI is InChI=1S/C15H13F3N2O5/c16-15(17,18)10-19(8-13-5-2-6-24-13)14(21)9-25-12-4-1-3-11(7-12)20(22)23/h1-7H,8-10H2. The van der Waals surface area contributed by atoms with Crippen LogP contribution >= 0.6 is 0 Å². The third-order valence-corrected chi connectivity index (χ3v) is 3.04. The summed E-state index contributed by atoms with van der Waals surface area (Å²) < 4.78 is 48.0. The van der Waals surface area contributed by atoms with Crippen molar-refractivity contribution in [2.75, 3.05) is 13.2 Å². The highest BCUT2D eigenvalue weighted by Crippen LogP contribution is 2.21. The van der Waals surface area contributed by atoms with E-state index in [1.54, 1.807) is 0 Å². The van der Waals surface area contributed by atoms with Crippen molar-refractivity contribution in [3.05, 3.63) is 58.5 Å². The molecule has 0 radical (unpaired) electrons. The van der Waals surface area contributed by atoms with E-state index in [0.29, 0.717) is 4.90 Å². The highest BCUT2D eigenvalue weighted by molar-refractivity contribution is 5.77. The summed E-state index contributed by atoms with van der Waals surface area (Å²) in [5, 5.41) is 10.7. The van der Waals surface area contributed by atoms with Gasteiger partial charge in [0, 0.05) is 6.07 Å². The number of nitro groups is 1. The number of halogens is 3. The van der Waals surface area contributed by atoms with Gasteiger partial charge in [-0.1, -0.05) is 6.07 Å². The number of ether oxygens (including phenoxy) is 1. The molecule has 1 aromatic heterocycles. The number of furan rings is 1. The number of rotatable bonds is 7. The first-order chi connectivity index (χ1) is 11.7. The lowest BCUT2D eigenvalue weighted by Crippen LogP contribution is -2.40. The Morgan fingerprint density at radius 3 is 2.64 bits per heavy atom. The van der Waals surface area contributed by atoms with Gasteiger partial charge < -0.3 is 14.1 Å². The Morgan fingerprint density at radius 1 is 1.28 bits per heavy atom. The van der Waals surface area contributed by atoms with Gasteiger partial charge in [0.2, 0.25) is 0 Å². The molecule has 7 nitrogen and oxygen atoms in total. The van der Waals surface area contributed by atoms with E-state index in [0.717, 1.165) is 6.07 Å². The molecule has 0 aliphatic heterocycles. The second kappa shape index (κ2) is 7.69. The van der Waals surface area contributed by atoms with Crippen molar-refractivity contribution in [3.63, 3.8) is 0 Å². The predicted molar refractivity (Wildman–Crippen MR) is 78.8 cm³/mol. The van der Waals surface area contributed by atoms with E-state index in [4.69, 9.17) is 9.15 Å². The van der Waals surface area contributed by atoms with E-state index >= 15 is 0 Å². The van der Waals surface area contributed by atoms with Crippen LogP contribution in [0.1, 0.15) is 5.76 Å². The van der Waals surface area contributed by atoms with Gasteiger partial charge >= 0.3 is 6.18 Å². The highest BCUT2D eigenvalue weighted by atomic mass is 19.4. The first-order valence-electron chi connectivity index (χ1n) is 6.99. The maximum atomic E-state index is 12.7. The van der Waals surface area contributed by atoms with Crippen LogP contribution in [0.2, 0.25) is 0 Å². The van der Waals surface area contributed by atoms with Crippen molar-refractivity contribution in [2.24, 2.45) is 0 Å². The number of carbonyl (C=O) groups is 1. The summed E-state index contributed by atoms with van der Waals surface area (Å²) in [5.41, 5.74) is -0.257. The molecule has 0 saturated carbocycles. The zero-order chi connectivity index (χ0) is 18.4. The number of alkyl halides is 3. The lowest BCUT2D eigenvalue weighted by molar-refractivity contribution is -0.384. The lowest BCUT2D eigenvalue weighted by atomic mass is 10.3. The van der Waals surface area contributed by atoms with Crippen LogP contribution in [0.25, 0.3) is 0 Å². The van der Waals surface area contributed by atoms with Gasteiger partial charge in [0.05, 0.1) is 23.8 Å². The molecule has 1 amide bonds. The fourth-order valence-electron chi connectivity index (χ4n) is 1.96. The molecule has 0 unspecified atom stereocenters. The summed E-state index contributed by atoms with van der Waals surface area (Å²) in [5.74, 6) is -0.735. The molecule has 0 bridgehead atoms. The van der Waals surface area contributed by atoms with Crippen LogP contribution in [0.4, 0.5) is 18.9 Å². The molecule has 10 heteroatoms. The maximum Gasteiger partial charge on any atom is 0.406 e. The fourth-order valence-corrected chi connectivity index (χ4v) is 1.96. The molecular formula is C15H13F3N2O5. The Kier molecular flexibility index (Phi) is 5.63. The molecule has 0 N–H and O–H groups in total. The number of amides is 1. The van der Waals surface area contributed by atoms with Crippen molar-refractivity contribution in [3.8, 4) is 5.75 Å². The van der Waals surface area contributed by atoms with Crippen molar-refractivity contribution >= 4 is 11.6 Å². The zero-order valence-corrected chi connectivity index (χ0v) is 12.7. The molecule has 2 rings (SSSR count). The normalized spacial score (nSPS) is 11.2. The van der Waals surface area contributed by atoms with Gasteiger partial charge in [-0.3, -0.25) is 14.9 Å². The number of carbonyl (C=O) groups excluding carboxylic acids is 1. The summed E-state index contributed by atoms with van der Waals surface area (Å²) in [6, 6.07) is 7.94. The van der Waals surface area contributed by atoms with Gasteiger partial charge in [-0.15, -0.1) is 0 Å². The summed E-state index contributed by atoms with van der Waals surface area (Å²) in [6.45, 7) is -2.54. The number of hydrogen-bond donors (Lipinski definition) is 0. The number of nitro benzene ring substituents is 1. The topological polar surface area (TPSA) is 85.8 Å². The van der Waals surface area contributed by atoms with Crippen LogP contribution in [-0.4, -0.2) is 35.1 Å². The Balaban J connectivity index is 2.03. The van der Waals surface area contributed by atoms with Crippen LogP contribution in [0.3, 0.4) is 0 Å². The van der Waals surface area contributed by atoms with E-state index in [1.165, 1.54) is 36.6 Å². The van der Waals surface area contributed by atoms with Crippen molar-refractivity contribution in [1.82, 2.24) is 4.90 Å². The summed E-state index contributed by atoms with van der Waals surface area (Å²) in [6.07, 6.45) is -3.31. The summed E-state index contributed by atoms with van der Waals surface area (Å²) in [7, 11) is 0. The molecule has 0 atom stereocenters. The number of benzene rings is 1. The molecule has 25 heavy (non-hydrogen) atoms. The van der Waals surface area contributed by atoms with Gasteiger partial charge in [0.25, 0.3) is 11.6 Å². The largest absolute Gasteiger partial charge is 0.484 e. The maximum absolute atomic E-state index is 12.7. The first kappa shape index (κ1) is 18.3. The molecule has 0 spiro atoms. The van der Waals surface area contributed by atoms with Crippen molar-refractivity contribution < 1.29 is 32.0 Å². The smallest absolute Gasteiger partial charge is 0.406 e. The van der Waals surface area contributed by atoms with Gasteiger partial charge in [-0.05, 0) is 18.2 Å². The van der Waals surface area contributed by atoms with Gasteiger partial charge in [0.15, 0.2) is 6.61 Å². The predicted octanol–water partition coefficient (Wildman–Crippen LogP) is 3.16. The number of non-ortho nitro benzene ring substituents is 1. The van der Waals surface area contributed by atoms with Gasteiger partial charge in [-0.25, -0.2) is 0 Å². The molecule has 1 heterocycles. The minimum Gasteiger partial charge on any atom is -0.484 e. The van der Waals surface area contributed by atoms with E-state index in [1.807, 2.05) is 0 Å². The summed E-state index contributed by atoms with van der Waals surface area (Å²) >= 11 is 0. The Labute approximate surface area is 139 Å². The minimum absolute atomic E-state index is 0.00695. The van der Waals surface area contributed by atoms with Crippen LogP contribution in [-0.2, 0) is 11.3 Å². The molecule has 0 aliphatic carbocycles. The Bertz CT molecular complexity index is 731. The van der Waals surface area contributed by atoms with E-state index < -0.39 is 30.2 Å². The molecule has 0 fully saturated rings.